The van der Waals surface area contributed by atoms with E-state index < -0.39 is 8.25 Å². The second kappa shape index (κ2) is 25.5. The van der Waals surface area contributed by atoms with Gasteiger partial charge >= 0.3 is 8.25 Å². The topological polar surface area (TPSA) is 57.5 Å². The number of halogens is 2. The summed E-state index contributed by atoms with van der Waals surface area (Å²) in [5, 5.41) is 0. The van der Waals surface area contributed by atoms with Gasteiger partial charge in [-0.15, -0.1) is 34.6 Å². The van der Waals surface area contributed by atoms with E-state index in [1.54, 1.807) is 0 Å². The van der Waals surface area contributed by atoms with Crippen molar-refractivity contribution in [1.82, 2.24) is 0 Å². The highest BCUT2D eigenvalue weighted by Crippen LogP contribution is 1.98. The molecule has 0 saturated carbocycles. The first kappa shape index (κ1) is 23.5. The molecule has 0 atom stereocenters. The predicted octanol–water partition coefficient (Wildman–Crippen LogP) is 1.50. The van der Waals surface area contributed by atoms with Gasteiger partial charge in [-0.2, -0.15) is 0 Å². The molecule has 0 heterocycles. The minimum atomic E-state index is -2.87. The Bertz CT molecular complexity index is 38.3. The molecular formula is C2H10Cl2O3P+. The molecule has 0 spiro atoms. The van der Waals surface area contributed by atoms with Crippen LogP contribution in [0.4, 0.5) is 0 Å². The lowest BCUT2D eigenvalue weighted by atomic mass is 11.0. The van der Waals surface area contributed by atoms with Gasteiger partial charge in [-0.1, -0.05) is 13.8 Å². The molecule has 0 unspecified atom stereocenters. The van der Waals surface area contributed by atoms with Gasteiger partial charge in [-0.25, -0.2) is 0 Å². The van der Waals surface area contributed by atoms with E-state index in [0.717, 1.165) is 0 Å². The number of hydrogen-bond donors (Lipinski definition) is 2. The van der Waals surface area contributed by atoms with Crippen LogP contribution in [0.25, 0.3) is 0 Å². The Labute approximate surface area is 61.9 Å². The van der Waals surface area contributed by atoms with Crippen LogP contribution in [0.15, 0.2) is 0 Å². The molecule has 0 aromatic carbocycles. The Morgan fingerprint density at radius 1 is 1.12 bits per heavy atom. The second-order valence-electron chi connectivity index (χ2n) is 0.253. The van der Waals surface area contributed by atoms with Crippen LogP contribution in [0.3, 0.4) is 0 Å². The number of rotatable bonds is 0. The van der Waals surface area contributed by atoms with E-state index in [4.69, 9.17) is 14.4 Å². The highest BCUT2D eigenvalue weighted by Gasteiger charge is 1.93. The summed E-state index contributed by atoms with van der Waals surface area (Å²) in [4.78, 5) is 14.2. The average molecular weight is 184 g/mol. The monoisotopic (exact) mass is 183 g/mol. The fourth-order valence-electron chi connectivity index (χ4n) is 0. The SMILES string of the molecule is CC.Cl.Cl.O=[P+](O)O. The van der Waals surface area contributed by atoms with Gasteiger partial charge in [-0.05, 0) is 0 Å². The van der Waals surface area contributed by atoms with Crippen LogP contribution in [0.5, 0.6) is 0 Å². The molecular weight excluding hydrogens is 174 g/mol. The third kappa shape index (κ3) is 575. The van der Waals surface area contributed by atoms with Crippen molar-refractivity contribution in [1.29, 1.82) is 0 Å². The Hall–Kier alpha value is 0.600. The molecule has 0 aliphatic rings. The van der Waals surface area contributed by atoms with Crippen molar-refractivity contribution in [2.24, 2.45) is 0 Å². The van der Waals surface area contributed by atoms with Crippen LogP contribution in [-0.4, -0.2) is 9.79 Å². The molecule has 0 rings (SSSR count). The molecule has 0 aliphatic heterocycles. The molecule has 2 N–H and O–H groups in total. The van der Waals surface area contributed by atoms with E-state index in [2.05, 4.69) is 0 Å². The van der Waals surface area contributed by atoms with Gasteiger partial charge < -0.3 is 0 Å². The molecule has 3 nitrogen and oxygen atoms in total. The third-order valence-electron chi connectivity index (χ3n) is 0. The highest BCUT2D eigenvalue weighted by atomic mass is 35.5. The van der Waals surface area contributed by atoms with Crippen LogP contribution in [0.1, 0.15) is 13.8 Å². The lowest BCUT2D eigenvalue weighted by Gasteiger charge is -1.34. The summed E-state index contributed by atoms with van der Waals surface area (Å²) in [6.45, 7) is 4.00. The summed E-state index contributed by atoms with van der Waals surface area (Å²) in [6, 6.07) is 0. The molecule has 0 bridgehead atoms. The molecule has 0 aliphatic carbocycles. The van der Waals surface area contributed by atoms with Crippen molar-refractivity contribution in [2.75, 3.05) is 0 Å². The molecule has 0 aromatic heterocycles. The van der Waals surface area contributed by atoms with E-state index in [1.807, 2.05) is 13.8 Å². The zero-order valence-corrected chi connectivity index (χ0v) is 7.09. The maximum atomic E-state index is 8.70. The summed E-state index contributed by atoms with van der Waals surface area (Å²) in [6.07, 6.45) is 0. The minimum Gasteiger partial charge on any atom is -0.147 e. The molecule has 0 aromatic rings. The zero-order chi connectivity index (χ0) is 5.58. The molecule has 6 heteroatoms. The second-order valence-corrected chi connectivity index (χ2v) is 0.758. The van der Waals surface area contributed by atoms with Crippen molar-refractivity contribution in [3.8, 4) is 0 Å². The van der Waals surface area contributed by atoms with Crippen molar-refractivity contribution in [3.05, 3.63) is 0 Å². The van der Waals surface area contributed by atoms with Crippen molar-refractivity contribution in [3.63, 3.8) is 0 Å². The first-order chi connectivity index (χ1) is 2.73. The maximum absolute atomic E-state index is 8.70. The summed E-state index contributed by atoms with van der Waals surface area (Å²) in [5.74, 6) is 0. The molecule has 0 radical (unpaired) electrons. The van der Waals surface area contributed by atoms with Gasteiger partial charge in [0.05, 0.1) is 0 Å². The van der Waals surface area contributed by atoms with Gasteiger partial charge in [0, 0.05) is 4.57 Å². The standard InChI is InChI=1S/C2H6.2ClH.HO3P/c1-2;;;1-4(2)3/h1-2H3;2*1H;(H-,1,2,3)/p+1. The van der Waals surface area contributed by atoms with Gasteiger partial charge in [0.15, 0.2) is 0 Å². The summed E-state index contributed by atoms with van der Waals surface area (Å²) < 4.78 is 8.70. The highest BCUT2D eigenvalue weighted by molar-refractivity contribution is 7.30. The van der Waals surface area contributed by atoms with Crippen molar-refractivity contribution >= 4 is 33.1 Å². The maximum Gasteiger partial charge on any atom is 0.692 e. The lowest BCUT2D eigenvalue weighted by Crippen LogP contribution is -1.38. The van der Waals surface area contributed by atoms with E-state index in [9.17, 15) is 0 Å². The van der Waals surface area contributed by atoms with Crippen LogP contribution in [0, 0.1) is 0 Å². The van der Waals surface area contributed by atoms with Crippen LogP contribution in [-0.2, 0) is 4.57 Å². The van der Waals surface area contributed by atoms with Gasteiger partial charge in [-0.3, -0.25) is 0 Å². The van der Waals surface area contributed by atoms with E-state index in [0.29, 0.717) is 0 Å². The van der Waals surface area contributed by atoms with E-state index in [-0.39, 0.29) is 24.8 Å². The van der Waals surface area contributed by atoms with Crippen molar-refractivity contribution < 1.29 is 14.4 Å². The average Bonchev–Trinajstić information content (AvgIpc) is 1.41. The first-order valence-electron chi connectivity index (χ1n) is 1.58. The first-order valence-corrected chi connectivity index (χ1v) is 2.75. The fraction of sp³-hybridized carbons (Fsp3) is 1.00. The zero-order valence-electron chi connectivity index (χ0n) is 4.57. The van der Waals surface area contributed by atoms with Gasteiger partial charge in [0.1, 0.15) is 0 Å². The predicted molar refractivity (Wildman–Crippen MR) is 37.9 cm³/mol. The Morgan fingerprint density at radius 3 is 1.12 bits per heavy atom. The third-order valence-corrected chi connectivity index (χ3v) is 0. The van der Waals surface area contributed by atoms with Gasteiger partial charge in [0.2, 0.25) is 0 Å². The normalized spacial score (nSPS) is 4.00. The number of hydrogen-bond acceptors (Lipinski definition) is 1. The molecule has 0 fully saturated rings. The Balaban J connectivity index is -0.0000000183. The Morgan fingerprint density at radius 2 is 1.12 bits per heavy atom. The summed E-state index contributed by atoms with van der Waals surface area (Å²) in [5.41, 5.74) is 0. The molecule has 8 heavy (non-hydrogen) atoms. The minimum absolute atomic E-state index is 0. The van der Waals surface area contributed by atoms with Crippen LogP contribution in [0.2, 0.25) is 0 Å². The van der Waals surface area contributed by atoms with Crippen LogP contribution < -0.4 is 0 Å². The fourth-order valence-corrected chi connectivity index (χ4v) is 0. The largest absolute Gasteiger partial charge is 0.692 e. The molecule has 0 saturated heterocycles. The lowest BCUT2D eigenvalue weighted by molar-refractivity contribution is 0.405. The smallest absolute Gasteiger partial charge is 0.147 e. The Kier molecular flexibility index (Phi) is 75.0. The van der Waals surface area contributed by atoms with Crippen molar-refractivity contribution in [2.45, 2.75) is 13.8 Å². The molecule has 0 amide bonds. The van der Waals surface area contributed by atoms with E-state index in [1.165, 1.54) is 0 Å². The summed E-state index contributed by atoms with van der Waals surface area (Å²) >= 11 is 0. The summed E-state index contributed by atoms with van der Waals surface area (Å²) in [7, 11) is -2.87. The van der Waals surface area contributed by atoms with Gasteiger partial charge in [0.25, 0.3) is 0 Å². The van der Waals surface area contributed by atoms with E-state index >= 15 is 0 Å². The van der Waals surface area contributed by atoms with Crippen LogP contribution >= 0.6 is 33.1 Å². The quantitative estimate of drug-likeness (QED) is 0.560. The molecule has 54 valence electrons.